The molecule has 2 aromatic carbocycles. The molecular formula is C30H24F3N5O2. The normalized spacial score (nSPS) is 16.2. The quantitative estimate of drug-likeness (QED) is 0.227. The molecule has 6 rings (SSSR count). The minimum Gasteiger partial charge on any atom is -0.439 e. The van der Waals surface area contributed by atoms with Gasteiger partial charge in [-0.25, -0.2) is 18.2 Å². The number of hydrogen-bond acceptors (Lipinski definition) is 5. The number of carbonyl (C=O) groups is 1. The predicted molar refractivity (Wildman–Crippen MR) is 144 cm³/mol. The molecule has 202 valence electrons. The van der Waals surface area contributed by atoms with Crippen molar-refractivity contribution in [1.29, 1.82) is 0 Å². The second-order valence-corrected chi connectivity index (χ2v) is 9.98. The van der Waals surface area contributed by atoms with Crippen LogP contribution in [0.2, 0.25) is 0 Å². The number of nitrogens with zero attached hydrogens (tertiary/aromatic N) is 3. The van der Waals surface area contributed by atoms with Crippen LogP contribution in [-0.4, -0.2) is 32.0 Å². The van der Waals surface area contributed by atoms with Crippen LogP contribution < -0.4 is 10.1 Å². The fraction of sp³-hybridized carbons (Fsp3) is 0.200. The molecule has 1 fully saturated rings. The molecule has 1 atom stereocenters. The predicted octanol–water partition coefficient (Wildman–Crippen LogP) is 7.18. The third-order valence-corrected chi connectivity index (χ3v) is 6.97. The fourth-order valence-electron chi connectivity index (χ4n) is 5.00. The Labute approximate surface area is 227 Å². The number of benzene rings is 2. The van der Waals surface area contributed by atoms with Gasteiger partial charge in [0.2, 0.25) is 11.8 Å². The van der Waals surface area contributed by atoms with Gasteiger partial charge in [0.05, 0.1) is 17.4 Å². The number of alkyl halides is 2. The van der Waals surface area contributed by atoms with Gasteiger partial charge < -0.3 is 10.1 Å². The number of halogens is 3. The zero-order valence-corrected chi connectivity index (χ0v) is 21.2. The van der Waals surface area contributed by atoms with Crippen LogP contribution >= 0.6 is 0 Å². The molecule has 2 N–H and O–H groups in total. The second-order valence-electron chi connectivity index (χ2n) is 9.98. The van der Waals surface area contributed by atoms with Crippen LogP contribution in [0.1, 0.15) is 35.3 Å². The third-order valence-electron chi connectivity index (χ3n) is 6.97. The smallest absolute Gasteiger partial charge is 0.276 e. The molecule has 10 heteroatoms. The van der Waals surface area contributed by atoms with E-state index in [2.05, 4.69) is 25.5 Å². The first kappa shape index (κ1) is 25.5. The van der Waals surface area contributed by atoms with Gasteiger partial charge in [0.15, 0.2) is 5.69 Å². The lowest BCUT2D eigenvalue weighted by Gasteiger charge is -2.11. The van der Waals surface area contributed by atoms with Crippen LogP contribution in [0.25, 0.3) is 22.0 Å². The summed E-state index contributed by atoms with van der Waals surface area (Å²) in [7, 11) is 0. The maximum atomic E-state index is 13.6. The van der Waals surface area contributed by atoms with E-state index >= 15 is 0 Å². The number of ether oxygens (including phenoxy) is 1. The Balaban J connectivity index is 1.17. The number of aromatic amines is 1. The molecule has 0 bridgehead atoms. The van der Waals surface area contributed by atoms with E-state index in [1.54, 1.807) is 24.5 Å². The lowest BCUT2D eigenvalue weighted by atomic mass is 9.96. The Bertz CT molecular complexity index is 1670. The van der Waals surface area contributed by atoms with Gasteiger partial charge in [-0.05, 0) is 78.4 Å². The Morgan fingerprint density at radius 1 is 1.02 bits per heavy atom. The fourth-order valence-corrected chi connectivity index (χ4v) is 5.00. The van der Waals surface area contributed by atoms with Gasteiger partial charge in [0.1, 0.15) is 11.6 Å². The Kier molecular flexibility index (Phi) is 6.67. The van der Waals surface area contributed by atoms with Crippen molar-refractivity contribution in [2.24, 2.45) is 5.92 Å². The molecule has 1 amide bonds. The Morgan fingerprint density at radius 2 is 1.88 bits per heavy atom. The van der Waals surface area contributed by atoms with Crippen LogP contribution in [0, 0.1) is 11.7 Å². The SMILES string of the molecule is O=C(Nc1ccc(Oc2ccc(F)cc2)nc1)c1n[nH]c2ccc(-c3cncc(CC4CCC(F)(F)C4)c3)cc12. The summed E-state index contributed by atoms with van der Waals surface area (Å²) in [6.45, 7) is 0. The number of amides is 1. The number of fused-ring (bicyclic) bond motifs is 1. The largest absolute Gasteiger partial charge is 0.439 e. The van der Waals surface area contributed by atoms with Crippen LogP contribution in [0.4, 0.5) is 18.9 Å². The van der Waals surface area contributed by atoms with Crippen LogP contribution in [0.5, 0.6) is 11.6 Å². The van der Waals surface area contributed by atoms with Gasteiger partial charge in [-0.3, -0.25) is 14.9 Å². The molecule has 1 unspecified atom stereocenters. The average Bonchev–Trinajstić information content (AvgIpc) is 3.53. The second kappa shape index (κ2) is 10.4. The number of pyridine rings is 2. The summed E-state index contributed by atoms with van der Waals surface area (Å²) in [5.41, 5.74) is 3.91. The molecule has 0 aliphatic heterocycles. The minimum absolute atomic E-state index is 0.0586. The first-order valence-corrected chi connectivity index (χ1v) is 12.8. The molecule has 3 aromatic heterocycles. The molecule has 5 aromatic rings. The number of hydrogen-bond donors (Lipinski definition) is 2. The summed E-state index contributed by atoms with van der Waals surface area (Å²) in [6, 6.07) is 16.3. The highest BCUT2D eigenvalue weighted by molar-refractivity contribution is 6.11. The number of aromatic nitrogens is 4. The van der Waals surface area contributed by atoms with Crippen molar-refractivity contribution in [3.8, 4) is 22.8 Å². The van der Waals surface area contributed by atoms with Gasteiger partial charge in [-0.1, -0.05) is 6.07 Å². The van der Waals surface area contributed by atoms with Crippen molar-refractivity contribution in [1.82, 2.24) is 20.2 Å². The highest BCUT2D eigenvalue weighted by atomic mass is 19.3. The zero-order valence-electron chi connectivity index (χ0n) is 21.2. The van der Waals surface area contributed by atoms with E-state index < -0.39 is 11.8 Å². The molecular weight excluding hydrogens is 519 g/mol. The van der Waals surface area contributed by atoms with Crippen molar-refractivity contribution >= 4 is 22.5 Å². The van der Waals surface area contributed by atoms with E-state index in [-0.39, 0.29) is 36.2 Å². The van der Waals surface area contributed by atoms with E-state index in [0.29, 0.717) is 35.2 Å². The van der Waals surface area contributed by atoms with Crippen LogP contribution in [0.15, 0.2) is 79.3 Å². The number of rotatable bonds is 7. The molecule has 40 heavy (non-hydrogen) atoms. The summed E-state index contributed by atoms with van der Waals surface area (Å²) >= 11 is 0. The maximum Gasteiger partial charge on any atom is 0.276 e. The number of H-pyrrole nitrogens is 1. The highest BCUT2D eigenvalue weighted by Gasteiger charge is 2.39. The first-order chi connectivity index (χ1) is 19.3. The van der Waals surface area contributed by atoms with Gasteiger partial charge in [0, 0.05) is 42.3 Å². The molecule has 7 nitrogen and oxygen atoms in total. The minimum atomic E-state index is -2.57. The number of anilines is 1. The molecule has 1 saturated carbocycles. The average molecular weight is 544 g/mol. The van der Waals surface area contributed by atoms with Gasteiger partial charge in [0.25, 0.3) is 5.91 Å². The lowest BCUT2D eigenvalue weighted by Crippen LogP contribution is -2.13. The third kappa shape index (κ3) is 5.66. The summed E-state index contributed by atoms with van der Waals surface area (Å²) in [5.74, 6) is -2.70. The highest BCUT2D eigenvalue weighted by Crippen LogP contribution is 2.40. The molecule has 1 aliphatic carbocycles. The van der Waals surface area contributed by atoms with Gasteiger partial charge in [-0.15, -0.1) is 0 Å². The monoisotopic (exact) mass is 543 g/mol. The number of carbonyl (C=O) groups excluding carboxylic acids is 1. The Hall–Kier alpha value is -4.73. The van der Waals surface area contributed by atoms with Gasteiger partial charge in [-0.2, -0.15) is 5.10 Å². The maximum absolute atomic E-state index is 13.6. The van der Waals surface area contributed by atoms with Crippen molar-refractivity contribution in [3.05, 3.63) is 96.3 Å². The topological polar surface area (TPSA) is 92.8 Å². The summed E-state index contributed by atoms with van der Waals surface area (Å²) in [6.07, 6.45) is 5.81. The van der Waals surface area contributed by atoms with E-state index in [0.717, 1.165) is 16.7 Å². The van der Waals surface area contributed by atoms with E-state index in [1.807, 2.05) is 24.3 Å². The van der Waals surface area contributed by atoms with Crippen LogP contribution in [-0.2, 0) is 6.42 Å². The summed E-state index contributed by atoms with van der Waals surface area (Å²) < 4.78 is 45.9. The standard InChI is InChI=1S/C30H24F3N5O2/c31-22-2-5-24(6-3-22)40-27-8-4-23(17-35-27)36-29(39)28-25-13-20(1-7-26(25)37-38-28)21-12-19(15-34-16-21)11-18-9-10-30(32,33)14-18/h1-8,12-13,15-18H,9-11,14H2,(H,36,39)(H,37,38). The van der Waals surface area contributed by atoms with E-state index in [4.69, 9.17) is 4.74 Å². The first-order valence-electron chi connectivity index (χ1n) is 12.8. The lowest BCUT2D eigenvalue weighted by molar-refractivity contribution is 0.00507. The molecule has 1 aliphatic rings. The van der Waals surface area contributed by atoms with Crippen LogP contribution in [0.3, 0.4) is 0 Å². The van der Waals surface area contributed by atoms with Crippen molar-refractivity contribution in [3.63, 3.8) is 0 Å². The van der Waals surface area contributed by atoms with Gasteiger partial charge >= 0.3 is 0 Å². The summed E-state index contributed by atoms with van der Waals surface area (Å²) in [5, 5.41) is 10.5. The van der Waals surface area contributed by atoms with E-state index in [9.17, 15) is 18.0 Å². The van der Waals surface area contributed by atoms with Crippen molar-refractivity contribution < 1.29 is 22.7 Å². The van der Waals surface area contributed by atoms with Crippen molar-refractivity contribution in [2.75, 3.05) is 5.32 Å². The number of nitrogens with one attached hydrogen (secondary N) is 2. The molecule has 0 radical (unpaired) electrons. The molecule has 0 saturated heterocycles. The summed E-state index contributed by atoms with van der Waals surface area (Å²) in [4.78, 5) is 21.6. The molecule has 3 heterocycles. The Morgan fingerprint density at radius 3 is 2.62 bits per heavy atom. The molecule has 0 spiro atoms. The van der Waals surface area contributed by atoms with E-state index in [1.165, 1.54) is 30.5 Å². The van der Waals surface area contributed by atoms with Crippen molar-refractivity contribution in [2.45, 2.75) is 31.6 Å². The zero-order chi connectivity index (χ0) is 27.7.